The minimum Gasteiger partial charge on any atom is -0.480 e. The molecule has 0 amide bonds. The SMILES string of the molecule is CCOC(=O)c1c(I)cc(OC(F)(F)F)nc1OC. The number of alkyl halides is 3. The topological polar surface area (TPSA) is 57.7 Å². The number of nitrogens with zero attached hydrogens (tertiary/aromatic N) is 1. The Morgan fingerprint density at radius 1 is 1.47 bits per heavy atom. The van der Waals surface area contributed by atoms with Crippen molar-refractivity contribution in [1.29, 1.82) is 0 Å². The van der Waals surface area contributed by atoms with Crippen molar-refractivity contribution < 1.29 is 32.2 Å². The summed E-state index contributed by atoms with van der Waals surface area (Å²) < 4.78 is 49.7. The van der Waals surface area contributed by atoms with Crippen LogP contribution in [0.5, 0.6) is 11.8 Å². The van der Waals surface area contributed by atoms with Crippen molar-refractivity contribution in [1.82, 2.24) is 4.98 Å². The first-order valence-electron chi connectivity index (χ1n) is 4.96. The van der Waals surface area contributed by atoms with Crippen molar-refractivity contribution in [2.45, 2.75) is 13.3 Å². The van der Waals surface area contributed by atoms with Crippen molar-refractivity contribution in [3.05, 3.63) is 15.2 Å². The number of hydrogen-bond donors (Lipinski definition) is 0. The number of methoxy groups -OCH3 is 1. The molecule has 0 saturated heterocycles. The van der Waals surface area contributed by atoms with E-state index in [0.717, 1.165) is 6.07 Å². The number of aromatic nitrogens is 1. The van der Waals surface area contributed by atoms with E-state index in [-0.39, 0.29) is 21.6 Å². The van der Waals surface area contributed by atoms with Crippen LogP contribution in [0.3, 0.4) is 0 Å². The lowest BCUT2D eigenvalue weighted by Gasteiger charge is -2.12. The Bertz CT molecular complexity index is 479. The molecule has 0 saturated carbocycles. The first-order valence-corrected chi connectivity index (χ1v) is 6.03. The van der Waals surface area contributed by atoms with E-state index in [0.29, 0.717) is 0 Å². The standard InChI is InChI=1S/C10H9F3INO4/c1-3-18-9(16)7-5(14)4-6(15-8(7)17-2)19-10(11,12)13/h4H,3H2,1-2H3. The molecule has 0 fully saturated rings. The molecule has 106 valence electrons. The molecule has 0 aliphatic carbocycles. The zero-order valence-electron chi connectivity index (χ0n) is 9.88. The highest BCUT2D eigenvalue weighted by molar-refractivity contribution is 14.1. The predicted molar refractivity (Wildman–Crippen MR) is 66.1 cm³/mol. The van der Waals surface area contributed by atoms with Crippen LogP contribution in [0.15, 0.2) is 6.07 Å². The van der Waals surface area contributed by atoms with Gasteiger partial charge in [-0.25, -0.2) is 4.79 Å². The lowest BCUT2D eigenvalue weighted by Crippen LogP contribution is -2.19. The van der Waals surface area contributed by atoms with Gasteiger partial charge in [-0.15, -0.1) is 13.2 Å². The second-order valence-corrected chi connectivity index (χ2v) is 4.26. The van der Waals surface area contributed by atoms with Crippen LogP contribution in [0.2, 0.25) is 0 Å². The Hall–Kier alpha value is -1.26. The van der Waals surface area contributed by atoms with Gasteiger partial charge in [0.05, 0.1) is 13.7 Å². The third-order valence-corrected chi connectivity index (χ3v) is 2.66. The summed E-state index contributed by atoms with van der Waals surface area (Å²) in [5.74, 6) is -1.72. The number of ether oxygens (including phenoxy) is 3. The zero-order chi connectivity index (χ0) is 14.6. The summed E-state index contributed by atoms with van der Waals surface area (Å²) in [6.45, 7) is 1.73. The molecule has 0 aliphatic heterocycles. The molecule has 0 N–H and O–H groups in total. The van der Waals surface area contributed by atoms with Gasteiger partial charge < -0.3 is 14.2 Å². The molecule has 1 heterocycles. The van der Waals surface area contributed by atoms with Crippen LogP contribution in [0.1, 0.15) is 17.3 Å². The van der Waals surface area contributed by atoms with Crippen molar-refractivity contribution in [2.75, 3.05) is 13.7 Å². The fraction of sp³-hybridized carbons (Fsp3) is 0.400. The molecule has 1 aromatic rings. The van der Waals surface area contributed by atoms with E-state index in [1.54, 1.807) is 29.5 Å². The second kappa shape index (κ2) is 6.26. The van der Waals surface area contributed by atoms with E-state index in [1.807, 2.05) is 0 Å². The molecule has 0 aliphatic rings. The van der Waals surface area contributed by atoms with Crippen LogP contribution in [0.25, 0.3) is 0 Å². The summed E-state index contributed by atoms with van der Waals surface area (Å²) in [4.78, 5) is 15.1. The van der Waals surface area contributed by atoms with Gasteiger partial charge in [-0.2, -0.15) is 4.98 Å². The lowest BCUT2D eigenvalue weighted by atomic mass is 10.2. The minimum absolute atomic E-state index is 0.0422. The Labute approximate surface area is 120 Å². The third-order valence-electron chi connectivity index (χ3n) is 1.81. The van der Waals surface area contributed by atoms with Crippen molar-refractivity contribution in [2.24, 2.45) is 0 Å². The van der Waals surface area contributed by atoms with Gasteiger partial charge in [-0.3, -0.25) is 0 Å². The van der Waals surface area contributed by atoms with Crippen LogP contribution in [-0.2, 0) is 4.74 Å². The molecule has 9 heteroatoms. The highest BCUT2D eigenvalue weighted by atomic mass is 127. The molecule has 0 atom stereocenters. The third kappa shape index (κ3) is 4.40. The van der Waals surface area contributed by atoms with E-state index in [2.05, 4.69) is 9.72 Å². The Balaban J connectivity index is 3.18. The second-order valence-electron chi connectivity index (χ2n) is 3.09. The van der Waals surface area contributed by atoms with Gasteiger partial charge in [-0.05, 0) is 29.5 Å². The summed E-state index contributed by atoms with van der Waals surface area (Å²) in [6, 6.07) is 0.975. The number of hydrogen-bond acceptors (Lipinski definition) is 5. The van der Waals surface area contributed by atoms with Gasteiger partial charge in [0.15, 0.2) is 0 Å². The van der Waals surface area contributed by atoms with Crippen molar-refractivity contribution in [3.63, 3.8) is 0 Å². The number of pyridine rings is 1. The fourth-order valence-electron chi connectivity index (χ4n) is 1.18. The number of rotatable bonds is 4. The quantitative estimate of drug-likeness (QED) is 0.584. The van der Waals surface area contributed by atoms with Gasteiger partial charge in [-0.1, -0.05) is 0 Å². The Kier molecular flexibility index (Phi) is 5.20. The smallest absolute Gasteiger partial charge is 0.480 e. The van der Waals surface area contributed by atoms with E-state index in [9.17, 15) is 18.0 Å². The molecule has 0 radical (unpaired) electrons. The molecule has 0 unspecified atom stereocenters. The first kappa shape index (κ1) is 15.8. The molecule has 0 bridgehead atoms. The average molecular weight is 391 g/mol. The molecule has 5 nitrogen and oxygen atoms in total. The van der Waals surface area contributed by atoms with Crippen LogP contribution < -0.4 is 9.47 Å². The van der Waals surface area contributed by atoms with Crippen molar-refractivity contribution >= 4 is 28.6 Å². The van der Waals surface area contributed by atoms with Crippen molar-refractivity contribution in [3.8, 4) is 11.8 Å². The molecule has 19 heavy (non-hydrogen) atoms. The average Bonchev–Trinajstić information content (AvgIpc) is 2.25. The van der Waals surface area contributed by atoms with E-state index >= 15 is 0 Å². The molecule has 0 aromatic carbocycles. The van der Waals surface area contributed by atoms with E-state index in [1.165, 1.54) is 7.11 Å². The van der Waals surface area contributed by atoms with Gasteiger partial charge >= 0.3 is 12.3 Å². The summed E-state index contributed by atoms with van der Waals surface area (Å²) >= 11 is 1.67. The largest absolute Gasteiger partial charge is 0.574 e. The van der Waals surface area contributed by atoms with E-state index < -0.39 is 18.2 Å². The first-order chi connectivity index (χ1) is 8.78. The van der Waals surface area contributed by atoms with Crippen LogP contribution in [-0.4, -0.2) is 31.0 Å². The maximum atomic E-state index is 12.1. The lowest BCUT2D eigenvalue weighted by molar-refractivity contribution is -0.276. The highest BCUT2D eigenvalue weighted by Gasteiger charge is 2.33. The Morgan fingerprint density at radius 2 is 2.11 bits per heavy atom. The molecular weight excluding hydrogens is 382 g/mol. The zero-order valence-corrected chi connectivity index (χ0v) is 12.0. The van der Waals surface area contributed by atoms with Gasteiger partial charge in [0.2, 0.25) is 11.8 Å². The number of carbonyl (C=O) groups is 1. The predicted octanol–water partition coefficient (Wildman–Crippen LogP) is 2.77. The number of halogens is 4. The molecule has 1 rings (SSSR count). The van der Waals surface area contributed by atoms with Gasteiger partial charge in [0.25, 0.3) is 0 Å². The maximum absolute atomic E-state index is 12.1. The van der Waals surface area contributed by atoms with E-state index in [4.69, 9.17) is 9.47 Å². The van der Waals surface area contributed by atoms with Crippen LogP contribution in [0, 0.1) is 3.57 Å². The monoisotopic (exact) mass is 391 g/mol. The molecule has 1 aromatic heterocycles. The summed E-state index contributed by atoms with van der Waals surface area (Å²) in [7, 11) is 1.18. The van der Waals surface area contributed by atoms with Crippen LogP contribution >= 0.6 is 22.6 Å². The molecule has 0 spiro atoms. The highest BCUT2D eigenvalue weighted by Crippen LogP contribution is 2.29. The minimum atomic E-state index is -4.87. The fourth-order valence-corrected chi connectivity index (χ4v) is 1.89. The summed E-state index contributed by atoms with van der Waals surface area (Å²) in [5, 5.41) is 0. The van der Waals surface area contributed by atoms with Crippen LogP contribution in [0.4, 0.5) is 13.2 Å². The normalized spacial score (nSPS) is 11.1. The van der Waals surface area contributed by atoms with Gasteiger partial charge in [0.1, 0.15) is 5.56 Å². The summed E-state index contributed by atoms with van der Waals surface area (Å²) in [6.07, 6.45) is -4.87. The summed E-state index contributed by atoms with van der Waals surface area (Å²) in [5.41, 5.74) is -0.0422. The number of esters is 1. The maximum Gasteiger partial charge on any atom is 0.574 e. The number of carbonyl (C=O) groups excluding carboxylic acids is 1. The Morgan fingerprint density at radius 3 is 2.58 bits per heavy atom. The molecular formula is C10H9F3INO4. The van der Waals surface area contributed by atoms with Gasteiger partial charge in [0, 0.05) is 9.64 Å².